The van der Waals surface area contributed by atoms with Gasteiger partial charge in [-0.3, -0.25) is 4.90 Å². The third kappa shape index (κ3) is 3.96. The Bertz CT molecular complexity index is 418. The molecular formula is C17H27N3O. The van der Waals surface area contributed by atoms with Gasteiger partial charge in [-0.1, -0.05) is 18.2 Å². The maximum atomic E-state index is 6.05. The minimum absolute atomic E-state index is 0.339. The van der Waals surface area contributed by atoms with Crippen molar-refractivity contribution >= 4 is 0 Å². The van der Waals surface area contributed by atoms with E-state index in [0.717, 1.165) is 31.7 Å². The molecule has 0 spiro atoms. The van der Waals surface area contributed by atoms with E-state index in [1.165, 1.54) is 44.7 Å². The Hall–Kier alpha value is -1.10. The molecule has 21 heavy (non-hydrogen) atoms. The van der Waals surface area contributed by atoms with E-state index in [2.05, 4.69) is 34.1 Å². The van der Waals surface area contributed by atoms with Crippen LogP contribution in [-0.2, 0) is 6.42 Å². The SMILES string of the molecule is NCCCCN1CCN(CC2Cc3ccccc3O2)CC1. The van der Waals surface area contributed by atoms with Crippen LogP contribution in [0.2, 0.25) is 0 Å². The standard InChI is InChI=1S/C17H27N3O/c18-7-3-4-8-19-9-11-20(12-10-19)14-16-13-15-5-1-2-6-17(15)21-16/h1-2,5-6,16H,3-4,7-14,18H2. The Balaban J connectivity index is 1.39. The summed E-state index contributed by atoms with van der Waals surface area (Å²) in [7, 11) is 0. The first kappa shape index (κ1) is 14.8. The van der Waals surface area contributed by atoms with Crippen LogP contribution in [0.5, 0.6) is 5.75 Å². The number of hydrogen-bond acceptors (Lipinski definition) is 4. The van der Waals surface area contributed by atoms with Gasteiger partial charge in [0.15, 0.2) is 0 Å². The molecule has 116 valence electrons. The molecule has 0 radical (unpaired) electrons. The van der Waals surface area contributed by atoms with Crippen molar-refractivity contribution in [3.63, 3.8) is 0 Å². The highest BCUT2D eigenvalue weighted by Gasteiger charge is 2.26. The number of nitrogens with two attached hydrogens (primary N) is 1. The van der Waals surface area contributed by atoms with Gasteiger partial charge in [-0.25, -0.2) is 0 Å². The van der Waals surface area contributed by atoms with Crippen molar-refractivity contribution in [2.24, 2.45) is 5.73 Å². The number of para-hydroxylation sites is 1. The van der Waals surface area contributed by atoms with E-state index in [9.17, 15) is 0 Å². The van der Waals surface area contributed by atoms with Crippen LogP contribution in [0, 0.1) is 0 Å². The number of ether oxygens (including phenoxy) is 1. The monoisotopic (exact) mass is 289 g/mol. The molecule has 1 aromatic carbocycles. The normalized spacial score (nSPS) is 23.0. The highest BCUT2D eigenvalue weighted by atomic mass is 16.5. The number of fused-ring (bicyclic) bond motifs is 1. The first-order valence-electron chi connectivity index (χ1n) is 8.24. The molecule has 0 saturated carbocycles. The smallest absolute Gasteiger partial charge is 0.123 e. The fourth-order valence-electron chi connectivity index (χ4n) is 3.32. The largest absolute Gasteiger partial charge is 0.488 e. The number of piperazine rings is 1. The third-order valence-electron chi connectivity index (χ3n) is 4.57. The molecule has 1 atom stereocenters. The van der Waals surface area contributed by atoms with Crippen LogP contribution < -0.4 is 10.5 Å². The molecule has 1 aromatic rings. The third-order valence-corrected chi connectivity index (χ3v) is 4.57. The predicted molar refractivity (Wildman–Crippen MR) is 85.7 cm³/mol. The molecule has 3 rings (SSSR count). The molecule has 0 amide bonds. The fourth-order valence-corrected chi connectivity index (χ4v) is 3.32. The molecule has 0 bridgehead atoms. The summed E-state index contributed by atoms with van der Waals surface area (Å²) in [5.74, 6) is 1.09. The summed E-state index contributed by atoms with van der Waals surface area (Å²) in [5, 5.41) is 0. The van der Waals surface area contributed by atoms with E-state index in [1.807, 2.05) is 0 Å². The molecule has 1 fully saturated rings. The minimum Gasteiger partial charge on any atom is -0.488 e. The Morgan fingerprint density at radius 3 is 2.57 bits per heavy atom. The van der Waals surface area contributed by atoms with Crippen molar-refractivity contribution < 1.29 is 4.74 Å². The van der Waals surface area contributed by atoms with E-state index in [-0.39, 0.29) is 0 Å². The molecule has 4 heteroatoms. The Morgan fingerprint density at radius 2 is 1.81 bits per heavy atom. The quantitative estimate of drug-likeness (QED) is 0.803. The average Bonchev–Trinajstić information content (AvgIpc) is 2.91. The maximum absolute atomic E-state index is 6.05. The van der Waals surface area contributed by atoms with Gasteiger partial charge in [0.2, 0.25) is 0 Å². The van der Waals surface area contributed by atoms with Crippen LogP contribution in [0.1, 0.15) is 18.4 Å². The van der Waals surface area contributed by atoms with Crippen LogP contribution in [0.4, 0.5) is 0 Å². The average molecular weight is 289 g/mol. The Morgan fingerprint density at radius 1 is 1.05 bits per heavy atom. The summed E-state index contributed by atoms with van der Waals surface area (Å²) in [5.41, 5.74) is 6.92. The summed E-state index contributed by atoms with van der Waals surface area (Å²) >= 11 is 0. The van der Waals surface area contributed by atoms with Gasteiger partial charge in [-0.15, -0.1) is 0 Å². The van der Waals surface area contributed by atoms with E-state index in [1.54, 1.807) is 0 Å². The van der Waals surface area contributed by atoms with Crippen molar-refractivity contribution in [3.8, 4) is 5.75 Å². The van der Waals surface area contributed by atoms with Gasteiger partial charge in [-0.2, -0.15) is 0 Å². The topological polar surface area (TPSA) is 41.7 Å². The van der Waals surface area contributed by atoms with Crippen molar-refractivity contribution in [2.45, 2.75) is 25.4 Å². The van der Waals surface area contributed by atoms with Crippen molar-refractivity contribution in [2.75, 3.05) is 45.8 Å². The second kappa shape index (κ2) is 7.25. The summed E-state index contributed by atoms with van der Waals surface area (Å²) in [6, 6.07) is 8.43. The summed E-state index contributed by atoms with van der Waals surface area (Å²) in [4.78, 5) is 5.12. The van der Waals surface area contributed by atoms with E-state index in [0.29, 0.717) is 6.10 Å². The van der Waals surface area contributed by atoms with Gasteiger partial charge in [-0.05, 0) is 37.6 Å². The molecule has 0 aliphatic carbocycles. The van der Waals surface area contributed by atoms with Crippen molar-refractivity contribution in [3.05, 3.63) is 29.8 Å². The molecule has 2 N–H and O–H groups in total. The van der Waals surface area contributed by atoms with Crippen LogP contribution in [0.3, 0.4) is 0 Å². The molecule has 1 unspecified atom stereocenters. The molecule has 2 heterocycles. The van der Waals surface area contributed by atoms with Crippen molar-refractivity contribution in [1.29, 1.82) is 0 Å². The van der Waals surface area contributed by atoms with E-state index >= 15 is 0 Å². The second-order valence-electron chi connectivity index (χ2n) is 6.19. The number of nitrogens with zero attached hydrogens (tertiary/aromatic N) is 2. The van der Waals surface area contributed by atoms with E-state index in [4.69, 9.17) is 10.5 Å². The lowest BCUT2D eigenvalue weighted by atomic mass is 10.1. The highest BCUT2D eigenvalue weighted by molar-refractivity contribution is 5.37. The molecule has 0 aromatic heterocycles. The number of unbranched alkanes of at least 4 members (excludes halogenated alkanes) is 1. The summed E-state index contributed by atoms with van der Waals surface area (Å²) in [6.45, 7) is 7.79. The van der Waals surface area contributed by atoms with Gasteiger partial charge >= 0.3 is 0 Å². The number of benzene rings is 1. The van der Waals surface area contributed by atoms with Gasteiger partial charge in [0.25, 0.3) is 0 Å². The Kier molecular flexibility index (Phi) is 5.12. The molecular weight excluding hydrogens is 262 g/mol. The van der Waals surface area contributed by atoms with Crippen LogP contribution in [0.25, 0.3) is 0 Å². The summed E-state index contributed by atoms with van der Waals surface area (Å²) < 4.78 is 6.05. The minimum atomic E-state index is 0.339. The molecule has 1 saturated heterocycles. The lowest BCUT2D eigenvalue weighted by molar-refractivity contribution is 0.0916. The lowest BCUT2D eigenvalue weighted by Crippen LogP contribution is -2.49. The Labute approximate surface area is 127 Å². The molecule has 2 aliphatic heterocycles. The number of rotatable bonds is 6. The zero-order valence-corrected chi connectivity index (χ0v) is 12.8. The molecule has 2 aliphatic rings. The lowest BCUT2D eigenvalue weighted by Gasteiger charge is -2.35. The zero-order chi connectivity index (χ0) is 14.5. The second-order valence-corrected chi connectivity index (χ2v) is 6.19. The van der Waals surface area contributed by atoms with Gasteiger partial charge < -0.3 is 15.4 Å². The van der Waals surface area contributed by atoms with Crippen LogP contribution in [0.15, 0.2) is 24.3 Å². The van der Waals surface area contributed by atoms with Gasteiger partial charge in [0.1, 0.15) is 11.9 Å². The predicted octanol–water partition coefficient (Wildman–Crippen LogP) is 1.35. The van der Waals surface area contributed by atoms with Gasteiger partial charge in [0, 0.05) is 39.1 Å². The first-order valence-corrected chi connectivity index (χ1v) is 8.24. The molecule has 4 nitrogen and oxygen atoms in total. The fraction of sp³-hybridized carbons (Fsp3) is 0.647. The summed E-state index contributed by atoms with van der Waals surface area (Å²) in [6.07, 6.45) is 3.78. The number of hydrogen-bond donors (Lipinski definition) is 1. The first-order chi connectivity index (χ1) is 10.3. The van der Waals surface area contributed by atoms with Gasteiger partial charge in [0.05, 0.1) is 0 Å². The maximum Gasteiger partial charge on any atom is 0.123 e. The van der Waals surface area contributed by atoms with Crippen molar-refractivity contribution in [1.82, 2.24) is 9.80 Å². The van der Waals surface area contributed by atoms with Crippen LogP contribution >= 0.6 is 0 Å². The van der Waals surface area contributed by atoms with Crippen LogP contribution in [-0.4, -0.2) is 61.7 Å². The van der Waals surface area contributed by atoms with E-state index < -0.39 is 0 Å². The zero-order valence-electron chi connectivity index (χ0n) is 12.8. The highest BCUT2D eigenvalue weighted by Crippen LogP contribution is 2.28.